The molecule has 0 saturated heterocycles. The normalized spacial score (nSPS) is 22.5. The van der Waals surface area contributed by atoms with Crippen LogP contribution in [0, 0.1) is 11.8 Å². The van der Waals surface area contributed by atoms with Gasteiger partial charge in [-0.15, -0.1) is 0 Å². The van der Waals surface area contributed by atoms with Gasteiger partial charge in [0.25, 0.3) is 0 Å². The van der Waals surface area contributed by atoms with Gasteiger partial charge in [0.15, 0.2) is 0 Å². The zero-order chi connectivity index (χ0) is 10.7. The van der Waals surface area contributed by atoms with E-state index in [0.717, 1.165) is 38.4 Å². The summed E-state index contributed by atoms with van der Waals surface area (Å²) in [6, 6.07) is 0. The first-order valence-corrected chi connectivity index (χ1v) is 6.54. The summed E-state index contributed by atoms with van der Waals surface area (Å²) >= 11 is 0. The largest absolute Gasteiger partial charge is 0.298 e. The summed E-state index contributed by atoms with van der Waals surface area (Å²) in [6.07, 6.45) is 7.61. The fourth-order valence-corrected chi connectivity index (χ4v) is 2.57. The number of hydrogen-bond donors (Lipinski definition) is 0. The molecular formula is C13H23NO. The Morgan fingerprint density at radius 1 is 1.20 bits per heavy atom. The van der Waals surface area contributed by atoms with Crippen LogP contribution in [0.2, 0.25) is 0 Å². The maximum absolute atomic E-state index is 12.0. The molecule has 2 fully saturated rings. The van der Waals surface area contributed by atoms with Gasteiger partial charge in [0.05, 0.1) is 6.54 Å². The Morgan fingerprint density at radius 3 is 2.40 bits per heavy atom. The van der Waals surface area contributed by atoms with Crippen LogP contribution in [0.25, 0.3) is 0 Å². The van der Waals surface area contributed by atoms with E-state index in [4.69, 9.17) is 0 Å². The minimum atomic E-state index is 0.401. The molecule has 0 aromatic heterocycles. The predicted molar refractivity (Wildman–Crippen MR) is 61.8 cm³/mol. The lowest BCUT2D eigenvalue weighted by atomic mass is 10.0. The number of rotatable bonds is 6. The van der Waals surface area contributed by atoms with E-state index in [1.54, 1.807) is 0 Å². The molecule has 86 valence electrons. The summed E-state index contributed by atoms with van der Waals surface area (Å²) in [4.78, 5) is 14.3. The third-order valence-corrected chi connectivity index (χ3v) is 3.85. The molecule has 2 nitrogen and oxygen atoms in total. The molecule has 0 heterocycles. The Kier molecular flexibility index (Phi) is 3.79. The molecule has 0 aromatic rings. The van der Waals surface area contributed by atoms with Crippen LogP contribution in [-0.4, -0.2) is 30.3 Å². The minimum Gasteiger partial charge on any atom is -0.298 e. The maximum Gasteiger partial charge on any atom is 0.149 e. The first-order chi connectivity index (χ1) is 7.29. The van der Waals surface area contributed by atoms with Gasteiger partial charge in [-0.2, -0.15) is 0 Å². The van der Waals surface area contributed by atoms with Crippen molar-refractivity contribution in [2.75, 3.05) is 19.6 Å². The zero-order valence-electron chi connectivity index (χ0n) is 9.87. The highest BCUT2D eigenvalue weighted by atomic mass is 16.1. The highest BCUT2D eigenvalue weighted by Gasteiger charge is 2.27. The topological polar surface area (TPSA) is 20.3 Å². The van der Waals surface area contributed by atoms with Crippen LogP contribution in [0.15, 0.2) is 0 Å². The molecule has 0 unspecified atom stereocenters. The first-order valence-electron chi connectivity index (χ1n) is 6.54. The quantitative estimate of drug-likeness (QED) is 0.670. The number of ketones is 1. The van der Waals surface area contributed by atoms with Crippen LogP contribution in [0.4, 0.5) is 0 Å². The van der Waals surface area contributed by atoms with Crippen molar-refractivity contribution < 1.29 is 4.79 Å². The summed E-state index contributed by atoms with van der Waals surface area (Å²) in [5.41, 5.74) is 0. The molecule has 2 aliphatic rings. The average molecular weight is 209 g/mol. The Labute approximate surface area is 93.0 Å². The second-order valence-corrected chi connectivity index (χ2v) is 5.22. The van der Waals surface area contributed by atoms with E-state index in [1.165, 1.54) is 25.7 Å². The van der Waals surface area contributed by atoms with Crippen LogP contribution < -0.4 is 0 Å². The van der Waals surface area contributed by atoms with E-state index in [2.05, 4.69) is 11.8 Å². The van der Waals surface area contributed by atoms with Crippen molar-refractivity contribution in [1.82, 2.24) is 4.90 Å². The van der Waals surface area contributed by atoms with E-state index in [9.17, 15) is 4.79 Å². The summed E-state index contributed by atoms with van der Waals surface area (Å²) in [7, 11) is 0. The molecule has 0 amide bonds. The first kappa shape index (κ1) is 11.1. The molecule has 0 spiro atoms. The van der Waals surface area contributed by atoms with Gasteiger partial charge in [-0.25, -0.2) is 0 Å². The number of likely N-dealkylation sites (N-methyl/N-ethyl adjacent to an activating group) is 1. The molecule has 0 aliphatic heterocycles. The summed E-state index contributed by atoms with van der Waals surface area (Å²) in [5.74, 6) is 1.81. The monoisotopic (exact) mass is 209 g/mol. The fraction of sp³-hybridized carbons (Fsp3) is 0.923. The Hall–Kier alpha value is -0.370. The van der Waals surface area contributed by atoms with Crippen molar-refractivity contribution in [3.8, 4) is 0 Å². The standard InChI is InChI=1S/C13H23NO/c1-2-14(9-11-7-8-11)10-13(15)12-5-3-4-6-12/h11-12H,2-10H2,1H3. The Morgan fingerprint density at radius 2 is 1.87 bits per heavy atom. The number of carbonyl (C=O) groups excluding carboxylic acids is 1. The van der Waals surface area contributed by atoms with Crippen LogP contribution in [0.3, 0.4) is 0 Å². The van der Waals surface area contributed by atoms with Crippen LogP contribution in [0.5, 0.6) is 0 Å². The minimum absolute atomic E-state index is 0.401. The molecule has 2 aliphatic carbocycles. The smallest absolute Gasteiger partial charge is 0.149 e. The SMILES string of the molecule is CCN(CC(=O)C1CCCC1)CC1CC1. The van der Waals surface area contributed by atoms with E-state index in [-0.39, 0.29) is 0 Å². The van der Waals surface area contributed by atoms with Gasteiger partial charge in [-0.3, -0.25) is 9.69 Å². The van der Waals surface area contributed by atoms with Crippen molar-refractivity contribution in [1.29, 1.82) is 0 Å². The zero-order valence-corrected chi connectivity index (χ0v) is 9.87. The third kappa shape index (κ3) is 3.30. The Balaban J connectivity index is 1.74. The molecule has 15 heavy (non-hydrogen) atoms. The molecule has 0 N–H and O–H groups in total. The second kappa shape index (κ2) is 5.11. The summed E-state index contributed by atoms with van der Waals surface area (Å²) in [6.45, 7) is 5.09. The van der Waals surface area contributed by atoms with Gasteiger partial charge in [0.2, 0.25) is 0 Å². The van der Waals surface area contributed by atoms with Crippen LogP contribution in [0.1, 0.15) is 45.4 Å². The molecule has 2 saturated carbocycles. The van der Waals surface area contributed by atoms with Gasteiger partial charge in [-0.1, -0.05) is 19.8 Å². The molecule has 2 heteroatoms. The van der Waals surface area contributed by atoms with Crippen molar-refractivity contribution in [2.45, 2.75) is 45.4 Å². The number of nitrogens with zero attached hydrogens (tertiary/aromatic N) is 1. The molecule has 0 radical (unpaired) electrons. The molecule has 2 rings (SSSR count). The average Bonchev–Trinajstić information content (AvgIpc) is 2.88. The molecule has 0 bridgehead atoms. The summed E-state index contributed by atoms with van der Waals surface area (Å²) < 4.78 is 0. The van der Waals surface area contributed by atoms with Gasteiger partial charge in [0, 0.05) is 12.5 Å². The van der Waals surface area contributed by atoms with Crippen LogP contribution in [-0.2, 0) is 4.79 Å². The maximum atomic E-state index is 12.0. The lowest BCUT2D eigenvalue weighted by Crippen LogP contribution is -2.34. The van der Waals surface area contributed by atoms with E-state index < -0.39 is 0 Å². The molecule has 0 atom stereocenters. The highest BCUT2D eigenvalue weighted by Crippen LogP contribution is 2.30. The van der Waals surface area contributed by atoms with Crippen molar-refractivity contribution in [3.63, 3.8) is 0 Å². The van der Waals surface area contributed by atoms with E-state index in [1.807, 2.05) is 0 Å². The van der Waals surface area contributed by atoms with Gasteiger partial charge >= 0.3 is 0 Å². The third-order valence-electron chi connectivity index (χ3n) is 3.85. The number of Topliss-reactive ketones (excluding diaryl/α,β-unsaturated/α-hetero) is 1. The Bertz CT molecular complexity index is 217. The number of hydrogen-bond acceptors (Lipinski definition) is 2. The molecular weight excluding hydrogens is 186 g/mol. The van der Waals surface area contributed by atoms with Crippen molar-refractivity contribution in [2.24, 2.45) is 11.8 Å². The lowest BCUT2D eigenvalue weighted by molar-refractivity contribution is -0.123. The molecule has 0 aromatic carbocycles. The van der Waals surface area contributed by atoms with Crippen LogP contribution >= 0.6 is 0 Å². The lowest BCUT2D eigenvalue weighted by Gasteiger charge is -2.20. The predicted octanol–water partition coefficient (Wildman–Crippen LogP) is 2.48. The van der Waals surface area contributed by atoms with Gasteiger partial charge < -0.3 is 0 Å². The van der Waals surface area contributed by atoms with E-state index in [0.29, 0.717) is 11.7 Å². The summed E-state index contributed by atoms with van der Waals surface area (Å²) in [5, 5.41) is 0. The van der Waals surface area contributed by atoms with Crippen molar-refractivity contribution in [3.05, 3.63) is 0 Å². The van der Waals surface area contributed by atoms with Gasteiger partial charge in [-0.05, 0) is 38.1 Å². The second-order valence-electron chi connectivity index (χ2n) is 5.22. The number of carbonyl (C=O) groups is 1. The highest BCUT2D eigenvalue weighted by molar-refractivity contribution is 5.83. The van der Waals surface area contributed by atoms with Gasteiger partial charge in [0.1, 0.15) is 5.78 Å². The van der Waals surface area contributed by atoms with Crippen molar-refractivity contribution >= 4 is 5.78 Å². The fourth-order valence-electron chi connectivity index (χ4n) is 2.57. The van der Waals surface area contributed by atoms with E-state index >= 15 is 0 Å².